The molecule has 0 aliphatic carbocycles. The van der Waals surface area contributed by atoms with Crippen molar-refractivity contribution in [3.05, 3.63) is 29.6 Å². The van der Waals surface area contributed by atoms with Crippen molar-refractivity contribution >= 4 is 11.6 Å². The largest absolute Gasteiger partial charge is 0.385 e. The van der Waals surface area contributed by atoms with Gasteiger partial charge in [-0.05, 0) is 24.6 Å². The fraction of sp³-hybridized carbons (Fsp3) is 0.357. The van der Waals surface area contributed by atoms with Crippen LogP contribution in [0.1, 0.15) is 18.4 Å². The van der Waals surface area contributed by atoms with Crippen LogP contribution in [0.3, 0.4) is 0 Å². The molecule has 0 aliphatic rings. The number of ether oxygens (including phenoxy) is 1. The molecule has 0 saturated carbocycles. The van der Waals surface area contributed by atoms with Crippen molar-refractivity contribution < 1.29 is 13.9 Å². The molecule has 1 aromatic carbocycles. The maximum absolute atomic E-state index is 13.1. The second kappa shape index (κ2) is 8.25. The van der Waals surface area contributed by atoms with Gasteiger partial charge in [-0.25, -0.2) is 4.39 Å². The number of nitrogens with one attached hydrogen (secondary N) is 1. The highest BCUT2D eigenvalue weighted by atomic mass is 19.1. The van der Waals surface area contributed by atoms with Gasteiger partial charge in [-0.15, -0.1) is 0 Å². The fourth-order valence-electron chi connectivity index (χ4n) is 1.46. The zero-order chi connectivity index (χ0) is 14.1. The molecule has 5 heteroatoms. The first-order chi connectivity index (χ1) is 9.17. The van der Waals surface area contributed by atoms with Crippen molar-refractivity contribution in [2.45, 2.75) is 12.8 Å². The Morgan fingerprint density at radius 2 is 2.32 bits per heavy atom. The Morgan fingerprint density at radius 3 is 3.00 bits per heavy atom. The summed E-state index contributed by atoms with van der Waals surface area (Å²) in [7, 11) is 1.58. The van der Waals surface area contributed by atoms with E-state index in [2.05, 4.69) is 17.2 Å². The second-order valence-electron chi connectivity index (χ2n) is 3.84. The normalized spacial score (nSPS) is 9.63. The lowest BCUT2D eigenvalue weighted by atomic mass is 10.1. The molecule has 0 spiro atoms. The number of amides is 1. The molecule has 1 rings (SSSR count). The topological polar surface area (TPSA) is 64.3 Å². The van der Waals surface area contributed by atoms with E-state index in [1.54, 1.807) is 7.11 Å². The van der Waals surface area contributed by atoms with E-state index in [0.717, 1.165) is 0 Å². The molecule has 0 aromatic heterocycles. The Labute approximate surface area is 112 Å². The Balaban J connectivity index is 2.74. The average molecular weight is 264 g/mol. The standard InChI is InChI=1S/C14H17FN2O2/c1-19-9-3-5-14(18)17-13-7-6-12(15)10-11(13)4-2-8-16/h6-7,10H,3,5,8-9,16H2,1H3,(H,17,18). The first kappa shape index (κ1) is 15.2. The highest BCUT2D eigenvalue weighted by Crippen LogP contribution is 2.16. The lowest BCUT2D eigenvalue weighted by Gasteiger charge is -2.07. The van der Waals surface area contributed by atoms with E-state index in [4.69, 9.17) is 10.5 Å². The van der Waals surface area contributed by atoms with E-state index in [0.29, 0.717) is 30.7 Å². The predicted molar refractivity (Wildman–Crippen MR) is 72.1 cm³/mol. The minimum absolute atomic E-state index is 0.153. The summed E-state index contributed by atoms with van der Waals surface area (Å²) in [4.78, 5) is 11.7. The third-order valence-corrected chi connectivity index (χ3v) is 2.33. The van der Waals surface area contributed by atoms with Gasteiger partial charge in [-0.2, -0.15) is 0 Å². The van der Waals surface area contributed by atoms with Crippen LogP contribution in [0.4, 0.5) is 10.1 Å². The number of benzene rings is 1. The number of hydrogen-bond donors (Lipinski definition) is 2. The van der Waals surface area contributed by atoms with Crippen LogP contribution in [0.5, 0.6) is 0 Å². The summed E-state index contributed by atoms with van der Waals surface area (Å²) in [5.41, 5.74) is 6.19. The lowest BCUT2D eigenvalue weighted by Crippen LogP contribution is -2.13. The van der Waals surface area contributed by atoms with Crippen molar-refractivity contribution in [1.29, 1.82) is 0 Å². The van der Waals surface area contributed by atoms with Crippen LogP contribution >= 0.6 is 0 Å². The number of methoxy groups -OCH3 is 1. The molecule has 0 aliphatic heterocycles. The maximum atomic E-state index is 13.1. The summed E-state index contributed by atoms with van der Waals surface area (Å²) in [6.07, 6.45) is 0.975. The summed E-state index contributed by atoms with van der Waals surface area (Å²) < 4.78 is 18.0. The highest BCUT2D eigenvalue weighted by molar-refractivity contribution is 5.92. The quantitative estimate of drug-likeness (QED) is 0.625. The van der Waals surface area contributed by atoms with Crippen LogP contribution < -0.4 is 11.1 Å². The number of carbonyl (C=O) groups excluding carboxylic acids is 1. The summed E-state index contributed by atoms with van der Waals surface area (Å²) in [6.45, 7) is 0.703. The number of carbonyl (C=O) groups is 1. The fourth-order valence-corrected chi connectivity index (χ4v) is 1.46. The van der Waals surface area contributed by atoms with Gasteiger partial charge >= 0.3 is 0 Å². The lowest BCUT2D eigenvalue weighted by molar-refractivity contribution is -0.116. The molecule has 1 amide bonds. The second-order valence-corrected chi connectivity index (χ2v) is 3.84. The van der Waals surface area contributed by atoms with E-state index >= 15 is 0 Å². The van der Waals surface area contributed by atoms with Crippen LogP contribution in [0.2, 0.25) is 0 Å². The van der Waals surface area contributed by atoms with Gasteiger partial charge in [-0.3, -0.25) is 4.79 Å². The van der Waals surface area contributed by atoms with E-state index in [-0.39, 0.29) is 12.5 Å². The monoisotopic (exact) mass is 264 g/mol. The minimum atomic E-state index is -0.404. The smallest absolute Gasteiger partial charge is 0.224 e. The van der Waals surface area contributed by atoms with Crippen molar-refractivity contribution in [2.24, 2.45) is 5.73 Å². The zero-order valence-electron chi connectivity index (χ0n) is 10.8. The Kier molecular flexibility index (Phi) is 6.58. The summed E-state index contributed by atoms with van der Waals surface area (Å²) in [6, 6.07) is 4.04. The first-order valence-corrected chi connectivity index (χ1v) is 5.94. The Bertz CT molecular complexity index is 492. The first-order valence-electron chi connectivity index (χ1n) is 5.94. The third kappa shape index (κ3) is 5.51. The number of halogens is 1. The molecule has 0 heterocycles. The van der Waals surface area contributed by atoms with Gasteiger partial charge in [0.05, 0.1) is 17.8 Å². The molecule has 0 fully saturated rings. The molecule has 0 unspecified atom stereocenters. The van der Waals surface area contributed by atoms with Crippen molar-refractivity contribution in [3.8, 4) is 11.8 Å². The Morgan fingerprint density at radius 1 is 1.53 bits per heavy atom. The molecule has 4 nitrogen and oxygen atoms in total. The van der Waals surface area contributed by atoms with Gasteiger partial charge in [0.15, 0.2) is 0 Å². The van der Waals surface area contributed by atoms with E-state index in [9.17, 15) is 9.18 Å². The molecule has 19 heavy (non-hydrogen) atoms. The average Bonchev–Trinajstić information content (AvgIpc) is 2.39. The van der Waals surface area contributed by atoms with Crippen LogP contribution in [-0.2, 0) is 9.53 Å². The third-order valence-electron chi connectivity index (χ3n) is 2.33. The van der Waals surface area contributed by atoms with Crippen LogP contribution in [-0.4, -0.2) is 26.2 Å². The van der Waals surface area contributed by atoms with Crippen LogP contribution in [0.25, 0.3) is 0 Å². The molecule has 1 aromatic rings. The zero-order valence-corrected chi connectivity index (χ0v) is 10.8. The van der Waals surface area contributed by atoms with E-state index in [1.165, 1.54) is 18.2 Å². The molecule has 0 saturated heterocycles. The van der Waals surface area contributed by atoms with Crippen LogP contribution in [0.15, 0.2) is 18.2 Å². The van der Waals surface area contributed by atoms with Gasteiger partial charge in [0.2, 0.25) is 5.91 Å². The van der Waals surface area contributed by atoms with Gasteiger partial charge < -0.3 is 15.8 Å². The molecule has 0 bridgehead atoms. The SMILES string of the molecule is COCCCC(=O)Nc1ccc(F)cc1C#CCN. The van der Waals surface area contributed by atoms with Crippen molar-refractivity contribution in [3.63, 3.8) is 0 Å². The molecule has 0 atom stereocenters. The molecule has 0 radical (unpaired) electrons. The highest BCUT2D eigenvalue weighted by Gasteiger charge is 2.06. The van der Waals surface area contributed by atoms with E-state index in [1.807, 2.05) is 0 Å². The van der Waals surface area contributed by atoms with Crippen molar-refractivity contribution in [1.82, 2.24) is 0 Å². The number of hydrogen-bond acceptors (Lipinski definition) is 3. The maximum Gasteiger partial charge on any atom is 0.224 e. The van der Waals surface area contributed by atoms with Gasteiger partial charge in [0, 0.05) is 20.1 Å². The van der Waals surface area contributed by atoms with Crippen LogP contribution in [0, 0.1) is 17.7 Å². The molecule has 102 valence electrons. The molecular formula is C14H17FN2O2. The number of rotatable bonds is 5. The number of anilines is 1. The minimum Gasteiger partial charge on any atom is -0.385 e. The summed E-state index contributed by atoms with van der Waals surface area (Å²) in [5, 5.41) is 2.70. The molecular weight excluding hydrogens is 247 g/mol. The number of nitrogens with two attached hydrogens (primary N) is 1. The van der Waals surface area contributed by atoms with Gasteiger partial charge in [0.1, 0.15) is 5.82 Å². The van der Waals surface area contributed by atoms with Gasteiger partial charge in [-0.1, -0.05) is 11.8 Å². The molecule has 3 N–H and O–H groups in total. The summed E-state index contributed by atoms with van der Waals surface area (Å²) in [5.74, 6) is 4.81. The summed E-state index contributed by atoms with van der Waals surface area (Å²) >= 11 is 0. The predicted octanol–water partition coefficient (Wildman–Crippen LogP) is 1.50. The van der Waals surface area contributed by atoms with Gasteiger partial charge in [0.25, 0.3) is 0 Å². The Hall–Kier alpha value is -1.90. The van der Waals surface area contributed by atoms with Crippen molar-refractivity contribution in [2.75, 3.05) is 25.6 Å². The van der Waals surface area contributed by atoms with E-state index < -0.39 is 5.82 Å².